The number of fused-ring (bicyclic) bond motifs is 1. The highest BCUT2D eigenvalue weighted by Gasteiger charge is 2.50. The highest BCUT2D eigenvalue weighted by atomic mass is 16.4. The van der Waals surface area contributed by atoms with Crippen LogP contribution in [0.15, 0.2) is 0 Å². The van der Waals surface area contributed by atoms with Crippen LogP contribution in [0.5, 0.6) is 0 Å². The van der Waals surface area contributed by atoms with Crippen molar-refractivity contribution in [3.8, 4) is 0 Å². The molecule has 1 heterocycles. The Labute approximate surface area is 110 Å². The van der Waals surface area contributed by atoms with Crippen LogP contribution in [0, 0.1) is 11.8 Å². The van der Waals surface area contributed by atoms with Gasteiger partial charge in [0.15, 0.2) is 0 Å². The molecule has 4 atom stereocenters. The van der Waals surface area contributed by atoms with Gasteiger partial charge in [-0.1, -0.05) is 6.42 Å². The molecule has 2 rings (SSSR count). The van der Waals surface area contributed by atoms with E-state index in [2.05, 4.69) is 0 Å². The van der Waals surface area contributed by atoms with Gasteiger partial charge in [-0.2, -0.15) is 0 Å². The van der Waals surface area contributed by atoms with Gasteiger partial charge >= 0.3 is 5.97 Å². The molecule has 0 spiro atoms. The van der Waals surface area contributed by atoms with Crippen LogP contribution in [0.25, 0.3) is 0 Å². The smallest absolute Gasteiger partial charge is 0.326 e. The number of nitrogens with zero attached hydrogens (tertiary/aromatic N) is 1. The Balaban J connectivity index is 2.12. The van der Waals surface area contributed by atoms with Crippen LogP contribution >= 0.6 is 0 Å². The fraction of sp³-hybridized carbons (Fsp3) is 0.750. The van der Waals surface area contributed by atoms with Crippen molar-refractivity contribution in [2.24, 2.45) is 23.3 Å². The summed E-state index contributed by atoms with van der Waals surface area (Å²) in [5.41, 5.74) is 10.6. The zero-order valence-electron chi connectivity index (χ0n) is 10.6. The summed E-state index contributed by atoms with van der Waals surface area (Å²) in [4.78, 5) is 35.7. The summed E-state index contributed by atoms with van der Waals surface area (Å²) >= 11 is 0. The summed E-state index contributed by atoms with van der Waals surface area (Å²) in [5, 5.41) is 9.32. The van der Waals surface area contributed by atoms with Crippen LogP contribution in [-0.4, -0.2) is 46.4 Å². The lowest BCUT2D eigenvalue weighted by atomic mass is 9.94. The Bertz CT molecular complexity index is 412. The van der Waals surface area contributed by atoms with Gasteiger partial charge in [0.25, 0.3) is 0 Å². The van der Waals surface area contributed by atoms with Crippen molar-refractivity contribution < 1.29 is 19.5 Å². The lowest BCUT2D eigenvalue weighted by Gasteiger charge is -2.26. The Morgan fingerprint density at radius 1 is 1.32 bits per heavy atom. The number of carboxylic acids is 1. The van der Waals surface area contributed by atoms with Crippen LogP contribution < -0.4 is 11.5 Å². The molecule has 2 fully saturated rings. The second-order valence-electron chi connectivity index (χ2n) is 5.41. The topological polar surface area (TPSA) is 127 Å². The molecule has 0 aromatic rings. The third kappa shape index (κ3) is 2.56. The maximum atomic E-state index is 12.2. The summed E-state index contributed by atoms with van der Waals surface area (Å²) in [6.07, 6.45) is 2.53. The van der Waals surface area contributed by atoms with Gasteiger partial charge in [-0.05, 0) is 24.7 Å². The van der Waals surface area contributed by atoms with Crippen molar-refractivity contribution >= 4 is 17.8 Å². The quantitative estimate of drug-likeness (QED) is 0.597. The zero-order valence-corrected chi connectivity index (χ0v) is 10.6. The van der Waals surface area contributed by atoms with E-state index in [-0.39, 0.29) is 18.3 Å². The van der Waals surface area contributed by atoms with Crippen LogP contribution in [0.3, 0.4) is 0 Å². The summed E-state index contributed by atoms with van der Waals surface area (Å²) in [6.45, 7) is 0.424. The lowest BCUT2D eigenvalue weighted by molar-refractivity contribution is -0.150. The molecule has 106 valence electrons. The van der Waals surface area contributed by atoms with Crippen LogP contribution in [-0.2, 0) is 14.4 Å². The molecule has 2 amide bonds. The zero-order chi connectivity index (χ0) is 14.2. The molecule has 0 aromatic carbocycles. The first kappa shape index (κ1) is 13.8. The molecular weight excluding hydrogens is 250 g/mol. The fourth-order valence-corrected chi connectivity index (χ4v) is 3.37. The third-order valence-corrected chi connectivity index (χ3v) is 4.16. The Morgan fingerprint density at radius 2 is 2.00 bits per heavy atom. The molecule has 19 heavy (non-hydrogen) atoms. The Kier molecular flexibility index (Phi) is 3.75. The van der Waals surface area contributed by atoms with E-state index in [0.717, 1.165) is 19.3 Å². The van der Waals surface area contributed by atoms with Crippen molar-refractivity contribution in [2.75, 3.05) is 6.54 Å². The number of likely N-dealkylation sites (tertiary alicyclic amines) is 1. The van der Waals surface area contributed by atoms with E-state index in [4.69, 9.17) is 11.5 Å². The van der Waals surface area contributed by atoms with Gasteiger partial charge in [0.1, 0.15) is 6.04 Å². The predicted octanol–water partition coefficient (Wildman–Crippen LogP) is -1.10. The number of hydrogen-bond donors (Lipinski definition) is 3. The second-order valence-corrected chi connectivity index (χ2v) is 5.41. The fourth-order valence-electron chi connectivity index (χ4n) is 3.37. The predicted molar refractivity (Wildman–Crippen MR) is 65.8 cm³/mol. The molecule has 1 aliphatic carbocycles. The van der Waals surface area contributed by atoms with Gasteiger partial charge in [0.2, 0.25) is 11.8 Å². The molecule has 1 saturated heterocycles. The van der Waals surface area contributed by atoms with E-state index in [1.54, 1.807) is 0 Å². The van der Waals surface area contributed by atoms with Crippen LogP contribution in [0.4, 0.5) is 0 Å². The van der Waals surface area contributed by atoms with Gasteiger partial charge in [0, 0.05) is 6.54 Å². The summed E-state index contributed by atoms with van der Waals surface area (Å²) in [7, 11) is 0. The van der Waals surface area contributed by atoms with E-state index in [9.17, 15) is 19.5 Å². The minimum absolute atomic E-state index is 0.0160. The number of carboxylic acid groups (broad SMARTS) is 1. The highest BCUT2D eigenvalue weighted by molar-refractivity contribution is 5.91. The van der Waals surface area contributed by atoms with Gasteiger partial charge in [0.05, 0.1) is 12.5 Å². The first-order valence-corrected chi connectivity index (χ1v) is 6.49. The van der Waals surface area contributed by atoms with E-state index in [1.807, 2.05) is 0 Å². The SMILES string of the molecule is NC(=O)CC(N)C(=O)N1CC2CCCC2C1C(=O)O. The normalized spacial score (nSPS) is 31.0. The van der Waals surface area contributed by atoms with E-state index in [1.165, 1.54) is 4.90 Å². The number of nitrogens with two attached hydrogens (primary N) is 2. The van der Waals surface area contributed by atoms with Crippen molar-refractivity contribution in [1.82, 2.24) is 4.90 Å². The highest BCUT2D eigenvalue weighted by Crippen LogP contribution is 2.42. The molecule has 0 aromatic heterocycles. The van der Waals surface area contributed by atoms with Crippen LogP contribution in [0.1, 0.15) is 25.7 Å². The molecule has 1 saturated carbocycles. The van der Waals surface area contributed by atoms with E-state index >= 15 is 0 Å². The maximum Gasteiger partial charge on any atom is 0.326 e. The molecule has 7 nitrogen and oxygen atoms in total. The molecule has 1 aliphatic heterocycles. The van der Waals surface area contributed by atoms with Gasteiger partial charge in [-0.15, -0.1) is 0 Å². The number of carbonyl (C=O) groups is 3. The van der Waals surface area contributed by atoms with Crippen molar-refractivity contribution in [2.45, 2.75) is 37.8 Å². The summed E-state index contributed by atoms with van der Waals surface area (Å²) in [5.74, 6) is -1.88. The average Bonchev–Trinajstić information content (AvgIpc) is 2.84. The number of primary amides is 1. The summed E-state index contributed by atoms with van der Waals surface area (Å²) < 4.78 is 0. The molecule has 0 bridgehead atoms. The Morgan fingerprint density at radius 3 is 2.58 bits per heavy atom. The largest absolute Gasteiger partial charge is 0.480 e. The lowest BCUT2D eigenvalue weighted by Crippen LogP contribution is -2.51. The first-order valence-electron chi connectivity index (χ1n) is 6.49. The van der Waals surface area contributed by atoms with Gasteiger partial charge < -0.3 is 21.5 Å². The minimum atomic E-state index is -1.04. The van der Waals surface area contributed by atoms with E-state index in [0.29, 0.717) is 6.54 Å². The molecule has 2 aliphatic rings. The standard InChI is InChI=1S/C12H19N3O4/c13-8(4-9(14)16)11(17)15-5-6-2-1-3-7(6)10(15)12(18)19/h6-8,10H,1-5,13H2,(H2,14,16)(H,18,19). The van der Waals surface area contributed by atoms with Crippen molar-refractivity contribution in [1.29, 1.82) is 0 Å². The van der Waals surface area contributed by atoms with E-state index < -0.39 is 29.9 Å². The number of carbonyl (C=O) groups excluding carboxylic acids is 2. The molecular formula is C12H19N3O4. The number of amides is 2. The van der Waals surface area contributed by atoms with Gasteiger partial charge in [-0.25, -0.2) is 4.79 Å². The molecule has 4 unspecified atom stereocenters. The minimum Gasteiger partial charge on any atom is -0.480 e. The Hall–Kier alpha value is -1.63. The summed E-state index contributed by atoms with van der Waals surface area (Å²) in [6, 6.07) is -1.85. The number of aliphatic carboxylic acids is 1. The maximum absolute atomic E-state index is 12.2. The average molecular weight is 269 g/mol. The molecule has 5 N–H and O–H groups in total. The van der Waals surface area contributed by atoms with Crippen molar-refractivity contribution in [3.63, 3.8) is 0 Å². The molecule has 7 heteroatoms. The first-order chi connectivity index (χ1) is 8.91. The van der Waals surface area contributed by atoms with Crippen molar-refractivity contribution in [3.05, 3.63) is 0 Å². The number of rotatable bonds is 4. The molecule has 0 radical (unpaired) electrons. The third-order valence-electron chi connectivity index (χ3n) is 4.16. The van der Waals surface area contributed by atoms with Gasteiger partial charge in [-0.3, -0.25) is 9.59 Å². The monoisotopic (exact) mass is 269 g/mol. The second kappa shape index (κ2) is 5.16. The number of hydrogen-bond acceptors (Lipinski definition) is 4. The van der Waals surface area contributed by atoms with Crippen LogP contribution in [0.2, 0.25) is 0 Å².